The van der Waals surface area contributed by atoms with E-state index in [2.05, 4.69) is 30.2 Å². The summed E-state index contributed by atoms with van der Waals surface area (Å²) in [5.74, 6) is -0.810. The van der Waals surface area contributed by atoms with Crippen molar-refractivity contribution in [3.05, 3.63) is 95.6 Å². The molecule has 0 heterocycles. The highest BCUT2D eigenvalue weighted by Crippen LogP contribution is 2.41. The highest BCUT2D eigenvalue weighted by Gasteiger charge is 2.12. The Morgan fingerprint density at radius 1 is 0.767 bits per heavy atom. The van der Waals surface area contributed by atoms with E-state index in [1.807, 2.05) is 43.3 Å². The fourth-order valence-electron chi connectivity index (χ4n) is 4.42. The molecule has 0 aromatic heterocycles. The Bertz CT molecular complexity index is 1810. The predicted molar refractivity (Wildman–Crippen MR) is 162 cm³/mol. The van der Waals surface area contributed by atoms with Crippen LogP contribution < -0.4 is 5.73 Å². The Hall–Kier alpha value is -5.27. The van der Waals surface area contributed by atoms with Gasteiger partial charge < -0.3 is 15.9 Å². The number of nitrogens with zero attached hydrogens (tertiary/aromatic N) is 4. The number of nitrogen functional groups attached to an aromatic ring is 1. The van der Waals surface area contributed by atoms with Crippen LogP contribution in [0.2, 0.25) is 0 Å². The van der Waals surface area contributed by atoms with Gasteiger partial charge in [-0.1, -0.05) is 36.4 Å². The number of aryl methyl sites for hydroxylation is 1. The van der Waals surface area contributed by atoms with Gasteiger partial charge in [-0.3, -0.25) is 15.3 Å². The van der Waals surface area contributed by atoms with Crippen molar-refractivity contribution < 1.29 is 35.3 Å². The number of hydrogen-bond donors (Lipinski definition) is 5. The van der Waals surface area contributed by atoms with Crippen molar-refractivity contribution in [1.29, 1.82) is 0 Å². The first kappa shape index (κ1) is 30.7. The van der Waals surface area contributed by atoms with E-state index in [-0.39, 0.29) is 19.0 Å². The summed E-state index contributed by atoms with van der Waals surface area (Å²) in [5, 5.41) is 56.7. The Kier molecular flexibility index (Phi) is 10.0. The number of aromatic hydroxyl groups is 1. The molecule has 0 saturated heterocycles. The van der Waals surface area contributed by atoms with Crippen LogP contribution >= 0.6 is 0 Å². The minimum atomic E-state index is -0.833. The molecule has 5 aromatic rings. The molecule has 0 fully saturated rings. The van der Waals surface area contributed by atoms with E-state index >= 15 is 0 Å². The summed E-state index contributed by atoms with van der Waals surface area (Å²) in [5.41, 5.74) is 10.6. The Morgan fingerprint density at radius 2 is 1.33 bits per heavy atom. The molecule has 0 aliphatic carbocycles. The summed E-state index contributed by atoms with van der Waals surface area (Å²) in [4.78, 5) is 17.5. The van der Waals surface area contributed by atoms with Crippen LogP contribution in [0.4, 0.5) is 28.4 Å². The molecule has 5 aromatic carbocycles. The summed E-state index contributed by atoms with van der Waals surface area (Å²) in [6.45, 7) is 2.85. The first-order valence-corrected chi connectivity index (χ1v) is 12.9. The molecule has 12 nitrogen and oxygen atoms in total. The Balaban J connectivity index is 0.000000996. The molecule has 0 atom stereocenters. The number of nitrogens with two attached hydrogens (primary N) is 1. The zero-order chi connectivity index (χ0) is 30.9. The van der Waals surface area contributed by atoms with Gasteiger partial charge in [-0.05, 0) is 71.5 Å². The highest BCUT2D eigenvalue weighted by atomic mass is 17.1. The van der Waals surface area contributed by atoms with E-state index in [1.54, 1.807) is 42.5 Å². The molecule has 0 bridgehead atoms. The smallest absolute Gasteiger partial charge is 0.300 e. The second-order valence-electron chi connectivity index (χ2n) is 9.49. The molecule has 220 valence electrons. The lowest BCUT2D eigenvalue weighted by molar-refractivity contribution is -0.254. The average molecular weight is 584 g/mol. The minimum absolute atomic E-state index is 0.0237. The number of carboxylic acid groups (broad SMARTS) is 1. The molecular formula is C31H29N5O7. The van der Waals surface area contributed by atoms with Crippen molar-refractivity contribution >= 4 is 56.0 Å². The first-order valence-electron chi connectivity index (χ1n) is 12.9. The van der Waals surface area contributed by atoms with Crippen molar-refractivity contribution in [2.45, 2.75) is 27.1 Å². The number of fused-ring (bicyclic) bond motifs is 2. The van der Waals surface area contributed by atoms with Gasteiger partial charge in [0.25, 0.3) is 5.97 Å². The summed E-state index contributed by atoms with van der Waals surface area (Å²) < 4.78 is 0. The number of aliphatic carboxylic acids is 1. The van der Waals surface area contributed by atoms with Crippen LogP contribution in [-0.4, -0.2) is 26.7 Å². The van der Waals surface area contributed by atoms with E-state index in [0.29, 0.717) is 45.0 Å². The molecule has 0 aliphatic rings. The summed E-state index contributed by atoms with van der Waals surface area (Å²) in [6.07, 6.45) is 0. The third kappa shape index (κ3) is 7.72. The van der Waals surface area contributed by atoms with E-state index in [9.17, 15) is 5.11 Å². The van der Waals surface area contributed by atoms with Gasteiger partial charge in [0.15, 0.2) is 5.75 Å². The van der Waals surface area contributed by atoms with Gasteiger partial charge in [0.1, 0.15) is 18.9 Å². The molecule has 43 heavy (non-hydrogen) atoms. The van der Waals surface area contributed by atoms with Crippen molar-refractivity contribution in [1.82, 2.24) is 0 Å². The molecule has 0 unspecified atom stereocenters. The maximum atomic E-state index is 10.9. The van der Waals surface area contributed by atoms with E-state index in [4.69, 9.17) is 26.1 Å². The predicted octanol–water partition coefficient (Wildman–Crippen LogP) is 8.49. The van der Waals surface area contributed by atoms with Crippen LogP contribution in [-0.2, 0) is 27.8 Å². The third-order valence-electron chi connectivity index (χ3n) is 6.21. The lowest BCUT2D eigenvalue weighted by Gasteiger charge is -2.09. The number of phenolic OH excluding ortho intramolecular Hbond substituents is 1. The molecule has 0 aliphatic heterocycles. The minimum Gasteiger partial charge on any atom is -0.505 e. The number of hydrogen-bond acceptors (Lipinski definition) is 11. The maximum Gasteiger partial charge on any atom is 0.300 e. The van der Waals surface area contributed by atoms with Crippen molar-refractivity contribution in [2.75, 3.05) is 5.73 Å². The summed E-state index contributed by atoms with van der Waals surface area (Å²) in [6, 6.07) is 23.6. The zero-order valence-corrected chi connectivity index (χ0v) is 23.3. The van der Waals surface area contributed by atoms with Gasteiger partial charge in [-0.25, -0.2) is 9.78 Å². The largest absolute Gasteiger partial charge is 0.505 e. The Morgan fingerprint density at radius 3 is 1.88 bits per heavy atom. The second-order valence-corrected chi connectivity index (χ2v) is 9.49. The normalized spacial score (nSPS) is 11.3. The summed E-state index contributed by atoms with van der Waals surface area (Å²) in [7, 11) is 0. The van der Waals surface area contributed by atoms with Crippen LogP contribution in [0.3, 0.4) is 0 Å². The SMILES string of the molecule is CC(=O)O.Cc1cc2ccc(N)cc2c(O)c1N=Nc1ccc(N=Nc2cc(COO)cc(COO)c2)c2ccccc12. The number of carbonyl (C=O) groups is 1. The molecular weight excluding hydrogens is 554 g/mol. The number of azo groups is 2. The van der Waals surface area contributed by atoms with Crippen LogP contribution in [0.5, 0.6) is 5.75 Å². The number of benzene rings is 5. The average Bonchev–Trinajstić information content (AvgIpc) is 2.97. The van der Waals surface area contributed by atoms with Gasteiger partial charge >= 0.3 is 0 Å². The fourth-order valence-corrected chi connectivity index (χ4v) is 4.42. The van der Waals surface area contributed by atoms with E-state index < -0.39 is 5.97 Å². The van der Waals surface area contributed by atoms with E-state index in [1.165, 1.54) is 0 Å². The molecule has 5 rings (SSSR count). The van der Waals surface area contributed by atoms with Crippen LogP contribution in [0.15, 0.2) is 99.3 Å². The van der Waals surface area contributed by atoms with Crippen LogP contribution in [0.1, 0.15) is 23.6 Å². The number of carboxylic acids is 1. The number of phenols is 1. The highest BCUT2D eigenvalue weighted by molar-refractivity contribution is 6.00. The van der Waals surface area contributed by atoms with E-state index in [0.717, 1.165) is 28.6 Å². The monoisotopic (exact) mass is 583 g/mol. The molecule has 0 spiro atoms. The van der Waals surface area contributed by atoms with Gasteiger partial charge in [0.05, 0.1) is 17.1 Å². The standard InChI is InChI=1S/C29H25N5O5.C2H4O2/c1-17-10-20-6-7-21(30)14-25(20)29(35)28(17)34-33-27-9-8-26(23-4-2-3-5-24(23)27)32-31-22-12-18(15-38-36)11-19(13-22)16-39-37;1-2(3)4/h2-14,35-37H,15-16,30H2,1H3;1H3,(H,3,4). The second kappa shape index (κ2) is 14.1. The molecule has 6 N–H and O–H groups in total. The quantitative estimate of drug-likeness (QED) is 0.0519. The lowest BCUT2D eigenvalue weighted by Crippen LogP contribution is -1.93. The molecule has 0 amide bonds. The lowest BCUT2D eigenvalue weighted by atomic mass is 10.0. The third-order valence-corrected chi connectivity index (χ3v) is 6.21. The number of rotatable bonds is 8. The Labute approximate surface area is 245 Å². The molecule has 12 heteroatoms. The first-order chi connectivity index (χ1) is 20.7. The van der Waals surface area contributed by atoms with Gasteiger partial charge in [-0.2, -0.15) is 5.11 Å². The van der Waals surface area contributed by atoms with Crippen LogP contribution in [0.25, 0.3) is 21.5 Å². The van der Waals surface area contributed by atoms with Crippen molar-refractivity contribution in [2.24, 2.45) is 20.5 Å². The van der Waals surface area contributed by atoms with Crippen molar-refractivity contribution in [3.63, 3.8) is 0 Å². The topological polar surface area (TPSA) is 192 Å². The molecule has 0 radical (unpaired) electrons. The number of anilines is 1. The zero-order valence-electron chi connectivity index (χ0n) is 23.3. The molecule has 0 saturated carbocycles. The maximum absolute atomic E-state index is 10.9. The van der Waals surface area contributed by atoms with Crippen molar-refractivity contribution in [3.8, 4) is 5.75 Å². The van der Waals surface area contributed by atoms with Gasteiger partial charge in [0.2, 0.25) is 0 Å². The van der Waals surface area contributed by atoms with Crippen LogP contribution in [0, 0.1) is 6.92 Å². The van der Waals surface area contributed by atoms with Gasteiger partial charge in [0, 0.05) is 28.8 Å². The summed E-state index contributed by atoms with van der Waals surface area (Å²) >= 11 is 0. The fraction of sp³-hybridized carbons (Fsp3) is 0.129. The van der Waals surface area contributed by atoms with Gasteiger partial charge in [-0.15, -0.1) is 15.3 Å².